The molecule has 0 saturated heterocycles. The Morgan fingerprint density at radius 2 is 1.87 bits per heavy atom. The second kappa shape index (κ2) is 6.63. The van der Waals surface area contributed by atoms with E-state index in [1.807, 2.05) is 0 Å². The van der Waals surface area contributed by atoms with Crippen molar-refractivity contribution in [3.63, 3.8) is 0 Å². The van der Waals surface area contributed by atoms with Crippen LogP contribution in [0.4, 0.5) is 0 Å². The molecule has 2 aliphatic rings. The molecule has 0 bridgehead atoms. The molecule has 2 aliphatic heterocycles. The van der Waals surface area contributed by atoms with E-state index in [1.54, 1.807) is 33.6 Å². The van der Waals surface area contributed by atoms with Gasteiger partial charge in [0, 0.05) is 0 Å². The first kappa shape index (κ1) is 19.4. The van der Waals surface area contributed by atoms with Crippen molar-refractivity contribution in [3.05, 3.63) is 53.4 Å². The van der Waals surface area contributed by atoms with E-state index in [0.717, 1.165) is 4.88 Å². The Morgan fingerprint density at radius 1 is 1.10 bits per heavy atom. The van der Waals surface area contributed by atoms with E-state index in [1.165, 1.54) is 37.2 Å². The van der Waals surface area contributed by atoms with Gasteiger partial charge in [0.2, 0.25) is 0 Å². The molecule has 1 unspecified atom stereocenters. The number of thiophene rings is 1. The van der Waals surface area contributed by atoms with Crippen LogP contribution >= 0.6 is 11.3 Å². The van der Waals surface area contributed by atoms with Crippen molar-refractivity contribution in [2.75, 3.05) is 0 Å². The number of amidine groups is 1. The number of para-hydroxylation sites is 2. The first-order valence-electron chi connectivity index (χ1n) is 10.1. The maximum atomic E-state index is 12.5. The van der Waals surface area contributed by atoms with Gasteiger partial charge in [-0.2, -0.15) is 0 Å². The van der Waals surface area contributed by atoms with Crippen molar-refractivity contribution < 1.29 is 9.59 Å². The van der Waals surface area contributed by atoms with Crippen LogP contribution in [0.15, 0.2) is 53.5 Å². The Morgan fingerprint density at radius 3 is 2.68 bits per heavy atom. The fraction of sp³-hybridized carbons (Fsp3) is 0.174. The minimum atomic E-state index is -1.94. The van der Waals surface area contributed by atoms with Gasteiger partial charge in [-0.05, 0) is 0 Å². The molecule has 4 aromatic rings. The molecule has 2 aromatic heterocycles. The molecule has 0 aliphatic carbocycles. The van der Waals surface area contributed by atoms with Crippen molar-refractivity contribution in [2.45, 2.75) is 19.5 Å². The van der Waals surface area contributed by atoms with Crippen molar-refractivity contribution in [1.82, 2.24) is 9.88 Å². The Balaban J connectivity index is 1.57. The fourth-order valence-electron chi connectivity index (χ4n) is 4.92. The molecule has 1 radical (unpaired) electrons. The number of aromatic nitrogens is 1. The number of aliphatic imine (C=N–C) groups is 1. The van der Waals surface area contributed by atoms with Crippen LogP contribution < -0.4 is 15.7 Å². The maximum absolute atomic E-state index is 12.5. The van der Waals surface area contributed by atoms with E-state index in [4.69, 9.17) is 0 Å². The van der Waals surface area contributed by atoms with Gasteiger partial charge >= 0.3 is 192 Å². The molecule has 0 fully saturated rings. The Bertz CT molecular complexity index is 1480. The third-order valence-corrected chi connectivity index (χ3v) is 11.8. The molecule has 8 heteroatoms. The average molecular weight is 556 g/mol. The van der Waals surface area contributed by atoms with Gasteiger partial charge in [-0.3, -0.25) is 0 Å². The molecule has 0 spiro atoms. The molecule has 5 nitrogen and oxygen atoms in total. The predicted octanol–water partition coefficient (Wildman–Crippen LogP) is 2.32. The van der Waals surface area contributed by atoms with Crippen LogP contribution in [0.3, 0.4) is 0 Å². The Kier molecular flexibility index (Phi) is 4.16. The van der Waals surface area contributed by atoms with Crippen LogP contribution in [0.25, 0.3) is 26.8 Å². The number of hydrogen-bond donors (Lipinski definition) is 1. The van der Waals surface area contributed by atoms with E-state index in [0.29, 0.717) is 10.3 Å². The van der Waals surface area contributed by atoms with Gasteiger partial charge in [-0.1, -0.05) is 6.07 Å². The van der Waals surface area contributed by atoms with E-state index in [2.05, 4.69) is 76.5 Å². The number of carbonyl (C=O) groups is 2. The third-order valence-electron chi connectivity index (χ3n) is 6.47. The van der Waals surface area contributed by atoms with E-state index in [9.17, 15) is 9.59 Å². The standard InChI is InChI=1S/C23H18N3O2SSiTe/c1-30(2)17-9-5-7-14-13-6-3-4-8-16(13)26(19(14)17)22-18(30)11-12(29-22)10-15-20(27)24-23(31)25-21(15)28/h3-9,11,15H,10H2,1-2H3,(H,24,25,27,28). The van der Waals surface area contributed by atoms with Gasteiger partial charge in [0.1, 0.15) is 0 Å². The Hall–Kier alpha value is -2.24. The van der Waals surface area contributed by atoms with Crippen molar-refractivity contribution >= 4 is 89.6 Å². The third kappa shape index (κ3) is 2.69. The summed E-state index contributed by atoms with van der Waals surface area (Å²) in [5, 5.41) is 9.31. The zero-order valence-corrected chi connectivity index (χ0v) is 21.1. The number of nitrogens with zero attached hydrogens (tertiary/aromatic N) is 2. The topological polar surface area (TPSA) is 63.5 Å². The van der Waals surface area contributed by atoms with Crippen LogP contribution in [0.5, 0.6) is 0 Å². The SMILES string of the molecule is C[Si]1(C)c2cc(CC3C(=O)N=C([Te])NC3=O)sc2-n2c3ccccc3c3cccc1c32. The second-order valence-electron chi connectivity index (χ2n) is 8.61. The molecule has 1 N–H and O–H groups in total. The van der Waals surface area contributed by atoms with E-state index in [-0.39, 0.29) is 11.8 Å². The summed E-state index contributed by atoms with van der Waals surface area (Å²) < 4.78 is 2.78. The van der Waals surface area contributed by atoms with Gasteiger partial charge in [0.05, 0.1) is 0 Å². The molecule has 153 valence electrons. The summed E-state index contributed by atoms with van der Waals surface area (Å²) in [4.78, 5) is 29.9. The molecule has 1 atom stereocenters. The summed E-state index contributed by atoms with van der Waals surface area (Å²) in [5.74, 6) is -1.34. The molecular weight excluding hydrogens is 538 g/mol. The average Bonchev–Trinajstić information content (AvgIpc) is 3.29. The van der Waals surface area contributed by atoms with Crippen molar-refractivity contribution in [2.24, 2.45) is 10.9 Å². The van der Waals surface area contributed by atoms with Crippen LogP contribution in [0, 0.1) is 5.92 Å². The number of amides is 2. The number of nitrogens with one attached hydrogen (secondary N) is 1. The van der Waals surface area contributed by atoms with Gasteiger partial charge < -0.3 is 0 Å². The van der Waals surface area contributed by atoms with Crippen molar-refractivity contribution in [1.29, 1.82) is 0 Å². The van der Waals surface area contributed by atoms with Gasteiger partial charge in [-0.15, -0.1) is 0 Å². The normalized spacial score (nSPS) is 19.4. The summed E-state index contributed by atoms with van der Waals surface area (Å²) in [6, 6.07) is 17.5. The van der Waals surface area contributed by atoms with Crippen LogP contribution in [0.2, 0.25) is 13.1 Å². The molecule has 4 heterocycles. The number of carbonyl (C=O) groups excluding carboxylic acids is 2. The second-order valence-corrected chi connectivity index (χ2v) is 15.2. The predicted molar refractivity (Wildman–Crippen MR) is 129 cm³/mol. The summed E-state index contributed by atoms with van der Waals surface area (Å²) in [6.07, 6.45) is 0.392. The summed E-state index contributed by atoms with van der Waals surface area (Å²) in [5.41, 5.74) is 2.52. The summed E-state index contributed by atoms with van der Waals surface area (Å²) >= 11 is 3.27. The number of hydrogen-bond acceptors (Lipinski definition) is 3. The van der Waals surface area contributed by atoms with Gasteiger partial charge in [0.25, 0.3) is 0 Å². The first-order chi connectivity index (χ1) is 14.9. The van der Waals surface area contributed by atoms with Crippen LogP contribution in [-0.2, 0) is 16.0 Å². The van der Waals surface area contributed by atoms with Gasteiger partial charge in [0.15, 0.2) is 0 Å². The molecule has 0 saturated carbocycles. The number of fused-ring (bicyclic) bond motifs is 5. The summed E-state index contributed by atoms with van der Waals surface area (Å²) in [6.45, 7) is 4.79. The molecule has 6 rings (SSSR count). The summed E-state index contributed by atoms with van der Waals surface area (Å²) in [7, 11) is -1.94. The van der Waals surface area contributed by atoms with Crippen LogP contribution in [-0.4, -0.2) is 50.6 Å². The quantitative estimate of drug-likeness (QED) is 0.305. The first-order valence-corrected chi connectivity index (χ1v) is 15.1. The fourth-order valence-corrected chi connectivity index (χ4v) is 10.4. The van der Waals surface area contributed by atoms with E-state index >= 15 is 0 Å². The molecule has 31 heavy (non-hydrogen) atoms. The Labute approximate surface area is 197 Å². The number of benzene rings is 2. The van der Waals surface area contributed by atoms with Gasteiger partial charge in [-0.25, -0.2) is 0 Å². The monoisotopic (exact) mass is 558 g/mol. The van der Waals surface area contributed by atoms with E-state index < -0.39 is 14.0 Å². The molecule has 2 amide bonds. The van der Waals surface area contributed by atoms with Crippen LogP contribution in [0.1, 0.15) is 4.88 Å². The zero-order valence-electron chi connectivity index (χ0n) is 16.9. The minimum absolute atomic E-state index is 0.250. The number of rotatable bonds is 2. The molecular formula is C23H18N3O2SSiTe. The molecule has 2 aromatic carbocycles. The van der Waals surface area contributed by atoms with Crippen molar-refractivity contribution in [3.8, 4) is 5.00 Å². The zero-order chi connectivity index (χ0) is 21.5.